The van der Waals surface area contributed by atoms with E-state index in [4.69, 9.17) is 0 Å². The van der Waals surface area contributed by atoms with Gasteiger partial charge in [0, 0.05) is 45.3 Å². The van der Waals surface area contributed by atoms with Crippen LogP contribution in [0.4, 0.5) is 10.8 Å². The van der Waals surface area contributed by atoms with E-state index >= 15 is 0 Å². The minimum atomic E-state index is -0.134. The molecule has 3 aromatic rings. The van der Waals surface area contributed by atoms with E-state index in [9.17, 15) is 4.79 Å². The molecule has 4 nitrogen and oxygen atoms in total. The van der Waals surface area contributed by atoms with Crippen LogP contribution in [-0.2, 0) is 32.7 Å². The number of thiazole rings is 1. The summed E-state index contributed by atoms with van der Waals surface area (Å²) in [4.78, 5) is 17.4. The smallest absolute Gasteiger partial charge is 0.263 e. The fourth-order valence-corrected chi connectivity index (χ4v) is 3.14. The van der Waals surface area contributed by atoms with Crippen LogP contribution < -0.4 is 10.6 Å². The molecule has 0 saturated heterocycles. The van der Waals surface area contributed by atoms with Crippen molar-refractivity contribution >= 4 is 28.1 Å². The number of hydrogen-bond donors (Lipinski definition) is 2. The maximum absolute atomic E-state index is 12.2. The van der Waals surface area contributed by atoms with Gasteiger partial charge in [0.2, 0.25) is 0 Å². The molecule has 29 heavy (non-hydrogen) atoms. The van der Waals surface area contributed by atoms with Crippen molar-refractivity contribution in [3.63, 3.8) is 0 Å². The summed E-state index contributed by atoms with van der Waals surface area (Å²) in [5.41, 5.74) is 3.65. The number of aryl methyl sites for hydroxylation is 1. The fraction of sp³-hybridized carbons (Fsp3) is 0.261. The second-order valence-electron chi connectivity index (χ2n) is 5.87. The quantitative estimate of drug-likeness (QED) is 0.447. The second-order valence-corrected chi connectivity index (χ2v) is 6.87. The minimum absolute atomic E-state index is 0. The van der Waals surface area contributed by atoms with Gasteiger partial charge in [-0.2, -0.15) is 24.3 Å². The normalized spacial score (nSPS) is 10.9. The predicted octanol–water partition coefficient (Wildman–Crippen LogP) is 6.03. The molecule has 1 aliphatic rings. The number of anilines is 2. The summed E-state index contributed by atoms with van der Waals surface area (Å²) in [6.07, 6.45) is 5.00. The van der Waals surface area contributed by atoms with Gasteiger partial charge in [0.25, 0.3) is 5.91 Å². The number of nitrogens with one attached hydrogen (secondary N) is 2. The number of nitrogens with zero attached hydrogens (tertiary/aromatic N) is 1. The second kappa shape index (κ2) is 13.6. The molecule has 6 heteroatoms. The van der Waals surface area contributed by atoms with E-state index in [1.807, 2.05) is 69.3 Å². The van der Waals surface area contributed by atoms with Crippen molar-refractivity contribution in [1.82, 2.24) is 10.3 Å². The predicted molar refractivity (Wildman–Crippen MR) is 119 cm³/mol. The van der Waals surface area contributed by atoms with Crippen LogP contribution in [0.1, 0.15) is 41.9 Å². The Hall–Kier alpha value is -1.56. The van der Waals surface area contributed by atoms with Crippen LogP contribution in [-0.4, -0.2) is 17.9 Å². The van der Waals surface area contributed by atoms with Gasteiger partial charge in [-0.3, -0.25) is 4.79 Å². The Labute approximate surface area is 203 Å². The largest absolute Gasteiger partial charge is 0.385 e. The average molecular weight is 482 g/mol. The standard InChI is InChI=1S/C18H16N3OS.C3H5.C2H6.Y/c1-12-8-6-7-11-14(12)20-18-21-15(13-9-4-3-5-10-13)16(23-18)17(22)19-2;1-2-3-1;1-2;/h3-6,8-11H,1-2H3,(H,19,22)(H,20,21);1H,2-3H2;1-2H3;/q2*-1;;. The van der Waals surface area contributed by atoms with Gasteiger partial charge in [-0.1, -0.05) is 68.1 Å². The molecule has 0 unspecified atom stereocenters. The van der Waals surface area contributed by atoms with Gasteiger partial charge in [-0.25, -0.2) is 17.8 Å². The first-order chi connectivity index (χ1) is 13.7. The van der Waals surface area contributed by atoms with Crippen molar-refractivity contribution < 1.29 is 37.5 Å². The van der Waals surface area contributed by atoms with Crippen molar-refractivity contribution in [1.29, 1.82) is 0 Å². The number of carbonyl (C=O) groups excluding carboxylic acids is 1. The summed E-state index contributed by atoms with van der Waals surface area (Å²) in [7, 11) is 1.63. The van der Waals surface area contributed by atoms with Crippen molar-refractivity contribution in [2.45, 2.75) is 33.6 Å². The van der Waals surface area contributed by atoms with Crippen LogP contribution in [0.3, 0.4) is 0 Å². The molecule has 0 bridgehead atoms. The maximum Gasteiger partial charge on any atom is 0.263 e. The molecule has 1 saturated carbocycles. The molecule has 1 fully saturated rings. The number of hydrogen-bond acceptors (Lipinski definition) is 4. The number of amides is 1. The number of benzene rings is 2. The molecular weight excluding hydrogens is 455 g/mol. The Balaban J connectivity index is 0.000000626. The monoisotopic (exact) mass is 482 g/mol. The summed E-state index contributed by atoms with van der Waals surface area (Å²) >= 11 is 1.34. The Morgan fingerprint density at radius 3 is 2.38 bits per heavy atom. The van der Waals surface area contributed by atoms with E-state index < -0.39 is 0 Å². The molecule has 1 aromatic heterocycles. The average Bonchev–Trinajstić information content (AvgIpc) is 3.58. The van der Waals surface area contributed by atoms with Gasteiger partial charge in [0.05, 0.1) is 5.69 Å². The molecule has 1 radical (unpaired) electrons. The van der Waals surface area contributed by atoms with Crippen LogP contribution in [0.15, 0.2) is 48.5 Å². The summed E-state index contributed by atoms with van der Waals surface area (Å²) in [5.74, 6) is -0.134. The van der Waals surface area contributed by atoms with Crippen molar-refractivity contribution in [3.05, 3.63) is 71.5 Å². The summed E-state index contributed by atoms with van der Waals surface area (Å²) in [6.45, 7) is 6.02. The molecule has 1 aliphatic carbocycles. The van der Waals surface area contributed by atoms with Gasteiger partial charge in [-0.15, -0.1) is 5.56 Å². The zero-order valence-corrected chi connectivity index (χ0v) is 21.1. The van der Waals surface area contributed by atoms with Crippen LogP contribution >= 0.6 is 11.3 Å². The van der Waals surface area contributed by atoms with Gasteiger partial charge < -0.3 is 17.1 Å². The molecule has 2 aromatic carbocycles. The third kappa shape index (κ3) is 8.00. The molecule has 4 rings (SSSR count). The van der Waals surface area contributed by atoms with E-state index in [1.165, 1.54) is 24.2 Å². The number of rotatable bonds is 4. The summed E-state index contributed by atoms with van der Waals surface area (Å²) < 4.78 is 0. The first-order valence-corrected chi connectivity index (χ1v) is 10.3. The molecular formula is C23H27N3OSY-2. The molecule has 2 N–H and O–H groups in total. The summed E-state index contributed by atoms with van der Waals surface area (Å²) in [5, 5.41) is 6.64. The van der Waals surface area contributed by atoms with E-state index in [-0.39, 0.29) is 38.6 Å². The first kappa shape index (κ1) is 25.5. The van der Waals surface area contributed by atoms with Crippen LogP contribution in [0.2, 0.25) is 0 Å². The van der Waals surface area contributed by atoms with Crippen molar-refractivity contribution in [2.75, 3.05) is 12.4 Å². The Kier molecular flexibility index (Phi) is 12.0. The maximum atomic E-state index is 12.2. The Bertz CT molecular complexity index is 876. The van der Waals surface area contributed by atoms with Crippen LogP contribution in [0.25, 0.3) is 11.3 Å². The van der Waals surface area contributed by atoms with Crippen molar-refractivity contribution in [3.8, 4) is 11.3 Å². The Morgan fingerprint density at radius 1 is 1.17 bits per heavy atom. The third-order valence-electron chi connectivity index (χ3n) is 3.72. The van der Waals surface area contributed by atoms with E-state index in [0.29, 0.717) is 15.7 Å². The fourth-order valence-electron chi connectivity index (χ4n) is 2.19. The van der Waals surface area contributed by atoms with Gasteiger partial charge in [0.1, 0.15) is 4.88 Å². The molecule has 151 valence electrons. The molecule has 1 amide bonds. The van der Waals surface area contributed by atoms with Gasteiger partial charge in [0.15, 0.2) is 5.13 Å². The van der Waals surface area contributed by atoms with Crippen molar-refractivity contribution in [2.24, 2.45) is 0 Å². The zero-order chi connectivity index (χ0) is 20.4. The Morgan fingerprint density at radius 2 is 1.83 bits per heavy atom. The van der Waals surface area contributed by atoms with E-state index in [2.05, 4.69) is 28.1 Å². The topological polar surface area (TPSA) is 54.0 Å². The molecule has 0 spiro atoms. The molecule has 0 aliphatic heterocycles. The number of carbonyl (C=O) groups is 1. The minimum Gasteiger partial charge on any atom is -0.385 e. The zero-order valence-electron chi connectivity index (χ0n) is 17.5. The molecule has 0 atom stereocenters. The van der Waals surface area contributed by atoms with Crippen LogP contribution in [0, 0.1) is 19.4 Å². The van der Waals surface area contributed by atoms with Gasteiger partial charge >= 0.3 is 0 Å². The number of aromatic nitrogens is 1. The van der Waals surface area contributed by atoms with Crippen LogP contribution in [0.5, 0.6) is 0 Å². The van der Waals surface area contributed by atoms with E-state index in [0.717, 1.165) is 16.8 Å². The van der Waals surface area contributed by atoms with Gasteiger partial charge in [-0.05, 0) is 0 Å². The SMILES string of the molecule is CC.CNC(=O)c1sc(Nc2c[c-]ccc2C)nc1-c1ccccc1.[CH-]1CC1.[Y]. The molecule has 1 heterocycles. The van der Waals surface area contributed by atoms with E-state index in [1.54, 1.807) is 7.05 Å². The first-order valence-electron chi connectivity index (χ1n) is 9.52. The summed E-state index contributed by atoms with van der Waals surface area (Å²) in [6, 6.07) is 18.5. The third-order valence-corrected chi connectivity index (χ3v) is 4.69.